The molecular weight excluding hydrogens is 378 g/mol. The summed E-state index contributed by atoms with van der Waals surface area (Å²) in [4.78, 5) is 42.0. The number of carbonyl (C=O) groups excluding carboxylic acids is 3. The molecule has 0 bridgehead atoms. The van der Waals surface area contributed by atoms with Gasteiger partial charge in [-0.15, -0.1) is 0 Å². The Hall–Kier alpha value is -1.59. The monoisotopic (exact) mass is 417 g/mol. The summed E-state index contributed by atoms with van der Waals surface area (Å²) < 4.78 is 0. The Morgan fingerprint density at radius 1 is 1.07 bits per heavy atom. The summed E-state index contributed by atoms with van der Waals surface area (Å²) in [5.74, 6) is 1.68. The Bertz CT molecular complexity index is 696. The second-order valence-electron chi connectivity index (χ2n) is 11.0. The maximum atomic E-state index is 13.2. The highest BCUT2D eigenvalue weighted by atomic mass is 16.2. The predicted molar refractivity (Wildman–Crippen MR) is 116 cm³/mol. The molecule has 2 aliphatic carbocycles. The second kappa shape index (κ2) is 8.16. The zero-order chi connectivity index (χ0) is 21.5. The van der Waals surface area contributed by atoms with Crippen molar-refractivity contribution in [2.24, 2.45) is 23.2 Å². The number of hydrogen-bond acceptors (Lipinski definition) is 3. The number of amides is 4. The summed E-state index contributed by atoms with van der Waals surface area (Å²) in [5.41, 5.74) is -0.526. The van der Waals surface area contributed by atoms with Crippen LogP contribution in [0.4, 0.5) is 4.79 Å². The molecule has 2 saturated heterocycles. The standard InChI is InChI=1S/C24H39N3O3/c1-4-23(2,3)19-9-12-24(13-10-19)21(29)27(22(30)25-24)16-20(28)26-14-11-17-7-5-6-8-18(17)15-26/h17-19H,4-16H2,1-3H3,(H,25,30). The van der Waals surface area contributed by atoms with Crippen LogP contribution in [0.1, 0.15) is 85.0 Å². The number of hydrogen-bond donors (Lipinski definition) is 1. The van der Waals surface area contributed by atoms with Crippen molar-refractivity contribution in [3.8, 4) is 0 Å². The van der Waals surface area contributed by atoms with Crippen molar-refractivity contribution in [3.63, 3.8) is 0 Å². The first-order valence-corrected chi connectivity index (χ1v) is 12.2. The first-order chi connectivity index (χ1) is 14.3. The van der Waals surface area contributed by atoms with E-state index in [1.165, 1.54) is 30.6 Å². The Labute approximate surface area is 181 Å². The molecule has 1 spiro atoms. The molecule has 6 nitrogen and oxygen atoms in total. The zero-order valence-electron chi connectivity index (χ0n) is 19.0. The van der Waals surface area contributed by atoms with Crippen molar-refractivity contribution in [1.29, 1.82) is 0 Å². The van der Waals surface area contributed by atoms with Gasteiger partial charge in [0.1, 0.15) is 12.1 Å². The van der Waals surface area contributed by atoms with Crippen LogP contribution in [0, 0.1) is 23.2 Å². The molecule has 2 unspecified atom stereocenters. The molecule has 4 aliphatic rings. The SMILES string of the molecule is CCC(C)(C)C1CCC2(CC1)NC(=O)N(CC(=O)N1CCC3CCCCC3C1)C2=O. The van der Waals surface area contributed by atoms with E-state index in [0.717, 1.165) is 44.7 Å². The molecule has 1 N–H and O–H groups in total. The van der Waals surface area contributed by atoms with E-state index in [0.29, 0.717) is 24.7 Å². The number of piperidine rings is 1. The maximum absolute atomic E-state index is 13.2. The van der Waals surface area contributed by atoms with Crippen LogP contribution in [0.5, 0.6) is 0 Å². The van der Waals surface area contributed by atoms with E-state index in [9.17, 15) is 14.4 Å². The lowest BCUT2D eigenvalue weighted by Crippen LogP contribution is -2.52. The van der Waals surface area contributed by atoms with Crippen LogP contribution >= 0.6 is 0 Å². The third-order valence-electron chi connectivity index (χ3n) is 9.04. The average Bonchev–Trinajstić information content (AvgIpc) is 2.97. The minimum absolute atomic E-state index is 0.0691. The number of rotatable bonds is 4. The van der Waals surface area contributed by atoms with Crippen molar-refractivity contribution in [1.82, 2.24) is 15.1 Å². The van der Waals surface area contributed by atoms with Crippen LogP contribution in [0.2, 0.25) is 0 Å². The Morgan fingerprint density at radius 3 is 2.40 bits per heavy atom. The minimum atomic E-state index is -0.784. The van der Waals surface area contributed by atoms with Gasteiger partial charge in [-0.05, 0) is 61.7 Å². The molecule has 2 heterocycles. The number of nitrogens with one attached hydrogen (secondary N) is 1. The topological polar surface area (TPSA) is 69.7 Å². The van der Waals surface area contributed by atoms with E-state index in [4.69, 9.17) is 0 Å². The summed E-state index contributed by atoms with van der Waals surface area (Å²) in [6.07, 6.45) is 10.5. The molecule has 2 aliphatic heterocycles. The quantitative estimate of drug-likeness (QED) is 0.705. The smallest absolute Gasteiger partial charge is 0.325 e. The first-order valence-electron chi connectivity index (χ1n) is 12.2. The summed E-state index contributed by atoms with van der Waals surface area (Å²) in [7, 11) is 0. The zero-order valence-corrected chi connectivity index (χ0v) is 19.0. The second-order valence-corrected chi connectivity index (χ2v) is 11.0. The number of likely N-dealkylation sites (tertiary alicyclic amines) is 1. The fourth-order valence-corrected chi connectivity index (χ4v) is 6.40. The van der Waals surface area contributed by atoms with Gasteiger partial charge < -0.3 is 10.2 Å². The summed E-state index contributed by atoms with van der Waals surface area (Å²) in [6.45, 7) is 8.27. The van der Waals surface area contributed by atoms with Gasteiger partial charge in [-0.25, -0.2) is 4.79 Å². The van der Waals surface area contributed by atoms with Crippen LogP contribution in [0.25, 0.3) is 0 Å². The molecule has 2 saturated carbocycles. The van der Waals surface area contributed by atoms with E-state index < -0.39 is 5.54 Å². The summed E-state index contributed by atoms with van der Waals surface area (Å²) in [6, 6.07) is -0.380. The van der Waals surface area contributed by atoms with Crippen molar-refractivity contribution >= 4 is 17.8 Å². The molecular formula is C24H39N3O3. The lowest BCUT2D eigenvalue weighted by atomic mass is 9.65. The highest BCUT2D eigenvalue weighted by Gasteiger charge is 2.54. The Morgan fingerprint density at radius 2 is 1.73 bits per heavy atom. The van der Waals surface area contributed by atoms with E-state index in [-0.39, 0.29) is 29.8 Å². The molecule has 4 rings (SSSR count). The van der Waals surface area contributed by atoms with Gasteiger partial charge in [0.05, 0.1) is 0 Å². The normalized spacial score (nSPS) is 34.8. The average molecular weight is 418 g/mol. The lowest BCUT2D eigenvalue weighted by molar-refractivity contribution is -0.141. The van der Waals surface area contributed by atoms with Gasteiger partial charge in [-0.3, -0.25) is 14.5 Å². The fraction of sp³-hybridized carbons (Fsp3) is 0.875. The van der Waals surface area contributed by atoms with E-state index in [1.54, 1.807) is 0 Å². The van der Waals surface area contributed by atoms with E-state index in [1.807, 2.05) is 4.90 Å². The molecule has 0 aromatic heterocycles. The molecule has 0 aromatic carbocycles. The van der Waals surface area contributed by atoms with Crippen LogP contribution in [-0.4, -0.2) is 52.8 Å². The molecule has 4 fully saturated rings. The third-order valence-corrected chi connectivity index (χ3v) is 9.04. The Balaban J connectivity index is 1.36. The fourth-order valence-electron chi connectivity index (χ4n) is 6.40. The van der Waals surface area contributed by atoms with Gasteiger partial charge in [0.25, 0.3) is 5.91 Å². The summed E-state index contributed by atoms with van der Waals surface area (Å²) >= 11 is 0. The van der Waals surface area contributed by atoms with Crippen LogP contribution < -0.4 is 5.32 Å². The minimum Gasteiger partial charge on any atom is -0.341 e. The van der Waals surface area contributed by atoms with Crippen molar-refractivity contribution in [3.05, 3.63) is 0 Å². The highest BCUT2D eigenvalue weighted by molar-refractivity contribution is 6.09. The van der Waals surface area contributed by atoms with Gasteiger partial charge in [0, 0.05) is 13.1 Å². The molecule has 0 radical (unpaired) electrons. The van der Waals surface area contributed by atoms with Gasteiger partial charge >= 0.3 is 6.03 Å². The summed E-state index contributed by atoms with van der Waals surface area (Å²) in [5, 5.41) is 2.98. The van der Waals surface area contributed by atoms with Crippen LogP contribution in [0.3, 0.4) is 0 Å². The van der Waals surface area contributed by atoms with Gasteiger partial charge in [0.2, 0.25) is 5.91 Å². The van der Waals surface area contributed by atoms with E-state index in [2.05, 4.69) is 26.1 Å². The first kappa shape index (κ1) is 21.6. The third kappa shape index (κ3) is 3.87. The Kier molecular flexibility index (Phi) is 5.88. The predicted octanol–water partition coefficient (Wildman–Crippen LogP) is 3.94. The van der Waals surface area contributed by atoms with Crippen LogP contribution in [-0.2, 0) is 9.59 Å². The van der Waals surface area contributed by atoms with Gasteiger partial charge in [-0.1, -0.05) is 46.5 Å². The number of fused-ring (bicyclic) bond motifs is 1. The molecule has 4 amide bonds. The number of carbonyl (C=O) groups is 3. The van der Waals surface area contributed by atoms with Crippen molar-refractivity contribution < 1.29 is 14.4 Å². The molecule has 2 atom stereocenters. The maximum Gasteiger partial charge on any atom is 0.325 e. The van der Waals surface area contributed by atoms with Gasteiger partial charge in [0.15, 0.2) is 0 Å². The number of nitrogens with zero attached hydrogens (tertiary/aromatic N) is 2. The van der Waals surface area contributed by atoms with Crippen molar-refractivity contribution in [2.75, 3.05) is 19.6 Å². The van der Waals surface area contributed by atoms with E-state index >= 15 is 0 Å². The van der Waals surface area contributed by atoms with Crippen molar-refractivity contribution in [2.45, 2.75) is 90.5 Å². The molecule has 30 heavy (non-hydrogen) atoms. The number of imide groups is 1. The largest absolute Gasteiger partial charge is 0.341 e. The van der Waals surface area contributed by atoms with Crippen LogP contribution in [0.15, 0.2) is 0 Å². The molecule has 168 valence electrons. The lowest BCUT2D eigenvalue weighted by Gasteiger charge is -2.42. The number of urea groups is 1. The highest BCUT2D eigenvalue weighted by Crippen LogP contribution is 2.45. The molecule has 6 heteroatoms. The van der Waals surface area contributed by atoms with Gasteiger partial charge in [-0.2, -0.15) is 0 Å². The molecule has 0 aromatic rings.